The summed E-state index contributed by atoms with van der Waals surface area (Å²) in [6.45, 7) is 2.02. The van der Waals surface area contributed by atoms with E-state index in [1.165, 1.54) is 23.9 Å². The Balaban J connectivity index is 1.73. The molecule has 1 atom stereocenters. The number of nitrogens with one attached hydrogen (secondary N) is 2. The minimum absolute atomic E-state index is 0.00232. The van der Waals surface area contributed by atoms with E-state index < -0.39 is 11.0 Å². The molecule has 0 spiro atoms. The first-order valence-electron chi connectivity index (χ1n) is 7.94. The lowest BCUT2D eigenvalue weighted by Gasteiger charge is -2.14. The first kappa shape index (κ1) is 19.5. The maximum atomic E-state index is 12.0. The van der Waals surface area contributed by atoms with Gasteiger partial charge in [0.15, 0.2) is 0 Å². The monoisotopic (exact) mass is 373 g/mol. The molecule has 0 aliphatic heterocycles. The minimum Gasteiger partial charge on any atom is -0.350 e. The van der Waals surface area contributed by atoms with Crippen molar-refractivity contribution in [2.45, 2.75) is 24.4 Å². The van der Waals surface area contributed by atoms with Gasteiger partial charge in [0.05, 0.1) is 10.7 Å². The van der Waals surface area contributed by atoms with Crippen LogP contribution >= 0.6 is 11.8 Å². The Morgan fingerprint density at radius 1 is 1.12 bits per heavy atom. The SMILES string of the molecule is CC(NC(=O)CSc1ccc([N+](=O)[O-])cc1)C(=O)NCc1ccccc1. The topological polar surface area (TPSA) is 101 Å². The first-order chi connectivity index (χ1) is 12.5. The summed E-state index contributed by atoms with van der Waals surface area (Å²) in [6, 6.07) is 14.8. The fourth-order valence-corrected chi connectivity index (χ4v) is 2.81. The number of hydrogen-bond donors (Lipinski definition) is 2. The zero-order valence-corrected chi connectivity index (χ0v) is 15.0. The van der Waals surface area contributed by atoms with Crippen molar-refractivity contribution in [2.24, 2.45) is 0 Å². The highest BCUT2D eigenvalue weighted by Gasteiger charge is 2.15. The van der Waals surface area contributed by atoms with E-state index in [-0.39, 0.29) is 23.3 Å². The number of nitrogens with zero attached hydrogens (tertiary/aromatic N) is 1. The van der Waals surface area contributed by atoms with Crippen molar-refractivity contribution in [1.82, 2.24) is 10.6 Å². The lowest BCUT2D eigenvalue weighted by molar-refractivity contribution is -0.384. The van der Waals surface area contributed by atoms with Crippen LogP contribution in [0.25, 0.3) is 0 Å². The number of benzene rings is 2. The van der Waals surface area contributed by atoms with Crippen LogP contribution in [0.15, 0.2) is 59.5 Å². The zero-order chi connectivity index (χ0) is 18.9. The normalized spacial score (nSPS) is 11.4. The van der Waals surface area contributed by atoms with Crippen LogP contribution in [-0.4, -0.2) is 28.5 Å². The van der Waals surface area contributed by atoms with Crippen LogP contribution in [0.1, 0.15) is 12.5 Å². The molecular weight excluding hydrogens is 354 g/mol. The number of non-ortho nitro benzene ring substituents is 1. The molecule has 2 aromatic carbocycles. The summed E-state index contributed by atoms with van der Waals surface area (Å²) in [5, 5.41) is 16.0. The maximum Gasteiger partial charge on any atom is 0.269 e. The number of rotatable bonds is 8. The van der Waals surface area contributed by atoms with Crippen LogP contribution in [0.5, 0.6) is 0 Å². The molecule has 0 fully saturated rings. The molecule has 0 bridgehead atoms. The summed E-state index contributed by atoms with van der Waals surface area (Å²) in [5.74, 6) is -0.424. The third-order valence-electron chi connectivity index (χ3n) is 3.50. The molecule has 26 heavy (non-hydrogen) atoms. The van der Waals surface area contributed by atoms with Crippen molar-refractivity contribution >= 4 is 29.3 Å². The Kier molecular flexibility index (Phi) is 7.16. The lowest BCUT2D eigenvalue weighted by atomic mass is 10.2. The second kappa shape index (κ2) is 9.57. The van der Waals surface area contributed by atoms with Gasteiger partial charge in [0, 0.05) is 23.6 Å². The second-order valence-electron chi connectivity index (χ2n) is 5.53. The number of hydrogen-bond acceptors (Lipinski definition) is 5. The minimum atomic E-state index is -0.649. The van der Waals surface area contributed by atoms with Crippen molar-refractivity contribution in [3.63, 3.8) is 0 Å². The van der Waals surface area contributed by atoms with Gasteiger partial charge in [-0.15, -0.1) is 11.8 Å². The van der Waals surface area contributed by atoms with E-state index in [1.54, 1.807) is 19.1 Å². The number of nitro groups is 1. The molecule has 2 amide bonds. The standard InChI is InChI=1S/C18H19N3O4S/c1-13(18(23)19-11-14-5-3-2-4-6-14)20-17(22)12-26-16-9-7-15(8-10-16)21(24)25/h2-10,13H,11-12H2,1H3,(H,19,23)(H,20,22). The van der Waals surface area contributed by atoms with Crippen LogP contribution in [0, 0.1) is 10.1 Å². The number of amides is 2. The summed E-state index contributed by atoms with van der Waals surface area (Å²) in [5.41, 5.74) is 0.982. The number of carbonyl (C=O) groups is 2. The molecular formula is C18H19N3O4S. The van der Waals surface area contributed by atoms with Crippen molar-refractivity contribution in [3.8, 4) is 0 Å². The zero-order valence-electron chi connectivity index (χ0n) is 14.2. The molecule has 0 aliphatic rings. The van der Waals surface area contributed by atoms with E-state index in [2.05, 4.69) is 10.6 Å². The fourth-order valence-electron chi connectivity index (χ4n) is 2.10. The Morgan fingerprint density at radius 3 is 2.38 bits per heavy atom. The smallest absolute Gasteiger partial charge is 0.269 e. The van der Waals surface area contributed by atoms with Gasteiger partial charge in [-0.3, -0.25) is 19.7 Å². The maximum absolute atomic E-state index is 12.0. The summed E-state index contributed by atoms with van der Waals surface area (Å²) in [6.07, 6.45) is 0. The van der Waals surface area contributed by atoms with E-state index in [1.807, 2.05) is 30.3 Å². The van der Waals surface area contributed by atoms with Crippen LogP contribution in [0.3, 0.4) is 0 Å². The number of nitro benzene ring substituents is 1. The lowest BCUT2D eigenvalue weighted by Crippen LogP contribution is -2.45. The molecule has 0 aromatic heterocycles. The van der Waals surface area contributed by atoms with Gasteiger partial charge in [-0.1, -0.05) is 30.3 Å². The summed E-state index contributed by atoms with van der Waals surface area (Å²) in [4.78, 5) is 34.9. The summed E-state index contributed by atoms with van der Waals surface area (Å²) in [7, 11) is 0. The van der Waals surface area contributed by atoms with Crippen molar-refractivity contribution in [1.29, 1.82) is 0 Å². The van der Waals surface area contributed by atoms with E-state index >= 15 is 0 Å². The third kappa shape index (κ3) is 6.21. The highest BCUT2D eigenvalue weighted by molar-refractivity contribution is 8.00. The average Bonchev–Trinajstić information content (AvgIpc) is 2.65. The van der Waals surface area contributed by atoms with E-state index in [4.69, 9.17) is 0 Å². The predicted molar refractivity (Wildman–Crippen MR) is 99.7 cm³/mol. The van der Waals surface area contributed by atoms with Crippen molar-refractivity contribution in [2.75, 3.05) is 5.75 Å². The van der Waals surface area contributed by atoms with Gasteiger partial charge in [0.1, 0.15) is 6.04 Å². The molecule has 2 aromatic rings. The Morgan fingerprint density at radius 2 is 1.77 bits per heavy atom. The molecule has 2 N–H and O–H groups in total. The quantitative estimate of drug-likeness (QED) is 0.421. The largest absolute Gasteiger partial charge is 0.350 e. The van der Waals surface area contributed by atoms with Gasteiger partial charge >= 0.3 is 0 Å². The highest BCUT2D eigenvalue weighted by atomic mass is 32.2. The summed E-state index contributed by atoms with van der Waals surface area (Å²) >= 11 is 1.25. The molecule has 2 rings (SSSR count). The average molecular weight is 373 g/mol. The van der Waals surface area contributed by atoms with Gasteiger partial charge in [0.25, 0.3) is 5.69 Å². The van der Waals surface area contributed by atoms with Crippen LogP contribution < -0.4 is 10.6 Å². The van der Waals surface area contributed by atoms with Crippen molar-refractivity contribution < 1.29 is 14.5 Å². The fraction of sp³-hybridized carbons (Fsp3) is 0.222. The van der Waals surface area contributed by atoms with E-state index in [9.17, 15) is 19.7 Å². The Bertz CT molecular complexity index is 766. The van der Waals surface area contributed by atoms with Crippen LogP contribution in [0.2, 0.25) is 0 Å². The molecule has 1 unspecified atom stereocenters. The predicted octanol–water partition coefficient (Wildman–Crippen LogP) is 2.51. The molecule has 8 heteroatoms. The summed E-state index contributed by atoms with van der Waals surface area (Å²) < 4.78 is 0. The Labute approximate surface area is 155 Å². The van der Waals surface area contributed by atoms with Crippen LogP contribution in [-0.2, 0) is 16.1 Å². The molecule has 0 radical (unpaired) electrons. The van der Waals surface area contributed by atoms with Gasteiger partial charge in [0.2, 0.25) is 11.8 Å². The molecule has 7 nitrogen and oxygen atoms in total. The molecule has 136 valence electrons. The van der Waals surface area contributed by atoms with Gasteiger partial charge in [-0.05, 0) is 24.6 Å². The molecule has 0 aliphatic carbocycles. The second-order valence-corrected chi connectivity index (χ2v) is 6.58. The van der Waals surface area contributed by atoms with Crippen LogP contribution in [0.4, 0.5) is 5.69 Å². The Hall–Kier alpha value is -2.87. The third-order valence-corrected chi connectivity index (χ3v) is 4.51. The molecule has 0 heterocycles. The first-order valence-corrected chi connectivity index (χ1v) is 8.92. The molecule has 0 saturated carbocycles. The van der Waals surface area contributed by atoms with Gasteiger partial charge in [-0.25, -0.2) is 0 Å². The van der Waals surface area contributed by atoms with E-state index in [0.29, 0.717) is 6.54 Å². The number of thioether (sulfide) groups is 1. The molecule has 0 saturated heterocycles. The van der Waals surface area contributed by atoms with Gasteiger partial charge < -0.3 is 10.6 Å². The van der Waals surface area contributed by atoms with Crippen molar-refractivity contribution in [3.05, 3.63) is 70.3 Å². The van der Waals surface area contributed by atoms with Gasteiger partial charge in [-0.2, -0.15) is 0 Å². The van der Waals surface area contributed by atoms with E-state index in [0.717, 1.165) is 10.5 Å². The highest BCUT2D eigenvalue weighted by Crippen LogP contribution is 2.21. The number of carbonyl (C=O) groups excluding carboxylic acids is 2.